The molecule has 0 bridgehead atoms. The van der Waals surface area contributed by atoms with Crippen molar-refractivity contribution in [3.63, 3.8) is 0 Å². The number of allylic oxidation sites excluding steroid dienone is 1. The summed E-state index contributed by atoms with van der Waals surface area (Å²) in [6, 6.07) is 8.06. The van der Waals surface area contributed by atoms with E-state index in [4.69, 9.17) is 35.7 Å². The van der Waals surface area contributed by atoms with Crippen LogP contribution in [0.5, 0.6) is 23.0 Å². The van der Waals surface area contributed by atoms with E-state index in [0.29, 0.717) is 11.3 Å². The molecule has 0 aromatic heterocycles. The van der Waals surface area contributed by atoms with Crippen LogP contribution in [-0.2, 0) is 14.4 Å². The van der Waals surface area contributed by atoms with Crippen LogP contribution >= 0.6 is 11.6 Å². The van der Waals surface area contributed by atoms with E-state index in [1.165, 1.54) is 20.3 Å². The Bertz CT molecular complexity index is 1430. The van der Waals surface area contributed by atoms with Crippen LogP contribution in [0.1, 0.15) is 41.6 Å². The zero-order chi connectivity index (χ0) is 27.4. The number of ether oxygens (including phenoxy) is 4. The van der Waals surface area contributed by atoms with Gasteiger partial charge in [0.2, 0.25) is 23.1 Å². The smallest absolute Gasteiger partial charge is 0.341 e. The quantitative estimate of drug-likeness (QED) is 0.527. The van der Waals surface area contributed by atoms with Crippen molar-refractivity contribution in [2.45, 2.75) is 31.3 Å². The van der Waals surface area contributed by atoms with Gasteiger partial charge in [0.05, 0.1) is 14.2 Å². The zero-order valence-corrected chi connectivity index (χ0v) is 21.5. The SMILES string of the molecule is COc1cc(OC)c2c(c1Cl)OC1(C(=O)C3=C(CC1C)NC(=O)CC3c1ccccc1OCC(=O)O)C2=O. The first-order chi connectivity index (χ1) is 18.1. The monoisotopic (exact) mass is 541 g/mol. The fourth-order valence-corrected chi connectivity index (χ4v) is 5.76. The van der Waals surface area contributed by atoms with Gasteiger partial charge in [0.1, 0.15) is 27.8 Å². The molecule has 1 aliphatic carbocycles. The van der Waals surface area contributed by atoms with Crippen molar-refractivity contribution in [2.24, 2.45) is 5.92 Å². The molecule has 5 rings (SSSR count). The number of fused-ring (bicyclic) bond motifs is 1. The standard InChI is InChI=1S/C27H24ClNO9/c1-12-8-15-21(14(9-19(30)29-15)13-6-4-5-7-16(13)37-11-20(31)32)25(33)27(12)26(34)22-17(35-2)10-18(36-3)23(28)24(22)38-27/h4-7,10,12,14H,8-9,11H2,1-3H3,(H,29,30)(H,31,32). The molecule has 2 aromatic carbocycles. The number of para-hydroxylation sites is 1. The fourth-order valence-electron chi connectivity index (χ4n) is 5.49. The Hall–Kier alpha value is -4.05. The van der Waals surface area contributed by atoms with Gasteiger partial charge in [-0.05, 0) is 12.5 Å². The van der Waals surface area contributed by atoms with Gasteiger partial charge in [-0.15, -0.1) is 0 Å². The number of methoxy groups -OCH3 is 2. The Morgan fingerprint density at radius 3 is 2.50 bits per heavy atom. The van der Waals surface area contributed by atoms with Crippen molar-refractivity contribution >= 4 is 35.0 Å². The molecule has 1 amide bonds. The van der Waals surface area contributed by atoms with E-state index in [2.05, 4.69) is 5.32 Å². The Labute approximate surface area is 222 Å². The number of carbonyl (C=O) groups is 4. The van der Waals surface area contributed by atoms with Crippen LogP contribution in [0.25, 0.3) is 0 Å². The molecule has 2 aromatic rings. The van der Waals surface area contributed by atoms with Crippen LogP contribution in [0.2, 0.25) is 5.02 Å². The summed E-state index contributed by atoms with van der Waals surface area (Å²) in [5, 5.41) is 11.9. The number of ketones is 2. The van der Waals surface area contributed by atoms with E-state index in [-0.39, 0.29) is 57.9 Å². The maximum atomic E-state index is 14.4. The lowest BCUT2D eigenvalue weighted by Gasteiger charge is -2.41. The lowest BCUT2D eigenvalue weighted by molar-refractivity contribution is -0.139. The summed E-state index contributed by atoms with van der Waals surface area (Å²) in [6.45, 7) is 1.09. The molecule has 1 spiro atoms. The summed E-state index contributed by atoms with van der Waals surface area (Å²) in [5.74, 6) is -3.56. The number of hydrogen-bond acceptors (Lipinski definition) is 8. The van der Waals surface area contributed by atoms with Gasteiger partial charge >= 0.3 is 5.97 Å². The first-order valence-corrected chi connectivity index (χ1v) is 12.2. The van der Waals surface area contributed by atoms with Gasteiger partial charge in [-0.25, -0.2) is 4.79 Å². The molecule has 0 saturated heterocycles. The first-order valence-electron chi connectivity index (χ1n) is 11.8. The Balaban J connectivity index is 1.64. The van der Waals surface area contributed by atoms with Crippen molar-refractivity contribution in [1.29, 1.82) is 0 Å². The van der Waals surface area contributed by atoms with Crippen LogP contribution in [0, 0.1) is 5.92 Å². The number of hydrogen-bond donors (Lipinski definition) is 2. The molecule has 198 valence electrons. The highest BCUT2D eigenvalue weighted by Crippen LogP contribution is 2.55. The van der Waals surface area contributed by atoms with Crippen molar-refractivity contribution < 1.29 is 43.2 Å². The molecular weight excluding hydrogens is 518 g/mol. The van der Waals surface area contributed by atoms with Crippen LogP contribution < -0.4 is 24.3 Å². The molecule has 3 unspecified atom stereocenters. The molecule has 2 N–H and O–H groups in total. The minimum Gasteiger partial charge on any atom is -0.496 e. The summed E-state index contributed by atoms with van der Waals surface area (Å²) in [6.07, 6.45) is 0.0553. The predicted molar refractivity (Wildman–Crippen MR) is 133 cm³/mol. The number of Topliss-reactive ketones (excluding diaryl/α,β-unsaturated/α-hetero) is 2. The van der Waals surface area contributed by atoms with Gasteiger partial charge in [-0.1, -0.05) is 36.7 Å². The van der Waals surface area contributed by atoms with E-state index in [1.54, 1.807) is 31.2 Å². The maximum Gasteiger partial charge on any atom is 0.341 e. The van der Waals surface area contributed by atoms with Gasteiger partial charge in [-0.2, -0.15) is 0 Å². The molecule has 0 radical (unpaired) electrons. The molecular formula is C27H24ClNO9. The summed E-state index contributed by atoms with van der Waals surface area (Å²) in [7, 11) is 2.79. The van der Waals surface area contributed by atoms with E-state index < -0.39 is 41.6 Å². The Kier molecular flexibility index (Phi) is 6.30. The van der Waals surface area contributed by atoms with E-state index >= 15 is 0 Å². The summed E-state index contributed by atoms with van der Waals surface area (Å²) >= 11 is 6.51. The largest absolute Gasteiger partial charge is 0.496 e. The minimum absolute atomic E-state index is 0.00120. The number of halogens is 1. The highest BCUT2D eigenvalue weighted by Gasteiger charge is 2.63. The number of benzene rings is 2. The van der Waals surface area contributed by atoms with Gasteiger partial charge in [0, 0.05) is 41.2 Å². The van der Waals surface area contributed by atoms with Gasteiger partial charge in [0.25, 0.3) is 0 Å². The van der Waals surface area contributed by atoms with Crippen LogP contribution in [-0.4, -0.2) is 55.0 Å². The molecule has 3 atom stereocenters. The number of carbonyl (C=O) groups excluding carboxylic acids is 3. The van der Waals surface area contributed by atoms with Gasteiger partial charge in [-0.3, -0.25) is 14.4 Å². The van der Waals surface area contributed by atoms with Gasteiger partial charge in [0.15, 0.2) is 12.4 Å². The number of carboxylic acid groups (broad SMARTS) is 1. The van der Waals surface area contributed by atoms with Crippen LogP contribution in [0.15, 0.2) is 41.6 Å². The molecule has 0 fully saturated rings. The molecule has 38 heavy (non-hydrogen) atoms. The van der Waals surface area contributed by atoms with Crippen LogP contribution in [0.4, 0.5) is 0 Å². The van der Waals surface area contributed by atoms with Crippen molar-refractivity contribution in [2.75, 3.05) is 20.8 Å². The summed E-state index contributed by atoms with van der Waals surface area (Å²) in [5.41, 5.74) is -0.844. The maximum absolute atomic E-state index is 14.4. The first kappa shape index (κ1) is 25.6. The lowest BCUT2D eigenvalue weighted by atomic mass is 9.66. The number of amides is 1. The third kappa shape index (κ3) is 3.70. The molecule has 11 heteroatoms. The minimum atomic E-state index is -1.94. The number of rotatable bonds is 6. The molecule has 10 nitrogen and oxygen atoms in total. The van der Waals surface area contributed by atoms with E-state index in [9.17, 15) is 19.2 Å². The Morgan fingerprint density at radius 1 is 1.11 bits per heavy atom. The molecule has 2 heterocycles. The van der Waals surface area contributed by atoms with Gasteiger partial charge < -0.3 is 29.4 Å². The van der Waals surface area contributed by atoms with E-state index in [0.717, 1.165) is 0 Å². The van der Waals surface area contributed by atoms with Crippen molar-refractivity contribution in [3.05, 3.63) is 57.8 Å². The number of aliphatic carboxylic acids is 1. The predicted octanol–water partition coefficient (Wildman–Crippen LogP) is 3.30. The lowest BCUT2D eigenvalue weighted by Crippen LogP contribution is -2.59. The topological polar surface area (TPSA) is 137 Å². The normalized spacial score (nSPS) is 23.9. The van der Waals surface area contributed by atoms with Crippen molar-refractivity contribution in [1.82, 2.24) is 5.32 Å². The third-order valence-corrected chi connectivity index (χ3v) is 7.56. The second-order valence-electron chi connectivity index (χ2n) is 9.32. The molecule has 3 aliphatic rings. The average Bonchev–Trinajstić information content (AvgIpc) is 3.21. The summed E-state index contributed by atoms with van der Waals surface area (Å²) in [4.78, 5) is 52.3. The fraction of sp³-hybridized carbons (Fsp3) is 0.333. The second-order valence-corrected chi connectivity index (χ2v) is 9.70. The number of nitrogens with one attached hydrogen (secondary N) is 1. The number of carboxylic acids is 1. The van der Waals surface area contributed by atoms with E-state index in [1.807, 2.05) is 0 Å². The average molecular weight is 542 g/mol. The Morgan fingerprint density at radius 2 is 1.82 bits per heavy atom. The third-order valence-electron chi connectivity index (χ3n) is 7.20. The van der Waals surface area contributed by atoms with Crippen LogP contribution in [0.3, 0.4) is 0 Å². The highest BCUT2D eigenvalue weighted by molar-refractivity contribution is 6.36. The van der Waals surface area contributed by atoms with Crippen molar-refractivity contribution in [3.8, 4) is 23.0 Å². The second kappa shape index (κ2) is 9.36. The molecule has 2 aliphatic heterocycles. The zero-order valence-electron chi connectivity index (χ0n) is 20.8. The highest BCUT2D eigenvalue weighted by atomic mass is 35.5. The summed E-state index contributed by atoms with van der Waals surface area (Å²) < 4.78 is 22.4. The molecule has 0 saturated carbocycles.